The maximum Gasteiger partial charge on any atom is 0.433 e. The first kappa shape index (κ1) is 16.5. The van der Waals surface area contributed by atoms with Crippen LogP contribution < -0.4 is 11.1 Å². The predicted octanol–water partition coefficient (Wildman–Crippen LogP) is 2.29. The van der Waals surface area contributed by atoms with Crippen LogP contribution in [0.15, 0.2) is 6.07 Å². The number of nitrogens with one attached hydrogen (secondary N) is 1. The number of nitrogen functional groups attached to an aromatic ring is 1. The van der Waals surface area contributed by atoms with E-state index in [1.54, 1.807) is 0 Å². The Balaban J connectivity index is 2.76. The first-order valence-electron chi connectivity index (χ1n) is 6.20. The average Bonchev–Trinajstić information content (AvgIpc) is 2.32. The first-order chi connectivity index (χ1) is 9.14. The number of rotatable bonds is 6. The van der Waals surface area contributed by atoms with E-state index < -0.39 is 17.8 Å². The number of hydrogen-bond donors (Lipinski definition) is 3. The van der Waals surface area contributed by atoms with Crippen LogP contribution in [0.3, 0.4) is 0 Å². The zero-order valence-electron chi connectivity index (χ0n) is 11.5. The maximum absolute atomic E-state index is 12.6. The summed E-state index contributed by atoms with van der Waals surface area (Å²) in [5.41, 5.74) is 4.03. The lowest BCUT2D eigenvalue weighted by Gasteiger charge is -2.25. The molecule has 0 spiro atoms. The molecule has 0 saturated heterocycles. The second-order valence-electron chi connectivity index (χ2n) is 5.34. The van der Waals surface area contributed by atoms with E-state index in [4.69, 9.17) is 10.8 Å². The molecule has 5 nitrogen and oxygen atoms in total. The number of anilines is 2. The van der Waals surface area contributed by atoms with Crippen molar-refractivity contribution in [3.05, 3.63) is 11.8 Å². The molecule has 1 aromatic heterocycles. The Kier molecular flexibility index (Phi) is 5.15. The van der Waals surface area contributed by atoms with Crippen LogP contribution in [-0.4, -0.2) is 28.2 Å². The summed E-state index contributed by atoms with van der Waals surface area (Å²) in [6.45, 7) is 4.40. The highest BCUT2D eigenvalue weighted by atomic mass is 19.4. The number of hydrogen-bond acceptors (Lipinski definition) is 5. The van der Waals surface area contributed by atoms with Gasteiger partial charge in [-0.25, -0.2) is 4.98 Å². The number of nitrogens with zero attached hydrogens (tertiary/aromatic N) is 2. The highest BCUT2D eigenvalue weighted by Crippen LogP contribution is 2.29. The smallest absolute Gasteiger partial charge is 0.396 e. The van der Waals surface area contributed by atoms with Crippen LogP contribution in [0.4, 0.5) is 24.9 Å². The van der Waals surface area contributed by atoms with Crippen LogP contribution >= 0.6 is 0 Å². The Bertz CT molecular complexity index is 449. The van der Waals surface area contributed by atoms with Gasteiger partial charge < -0.3 is 16.2 Å². The van der Waals surface area contributed by atoms with E-state index >= 15 is 0 Å². The summed E-state index contributed by atoms with van der Waals surface area (Å²) < 4.78 is 37.8. The van der Waals surface area contributed by atoms with Crippen molar-refractivity contribution in [3.8, 4) is 0 Å². The number of aliphatic hydroxyl groups is 1. The van der Waals surface area contributed by atoms with Gasteiger partial charge in [-0.05, 0) is 18.3 Å². The summed E-state index contributed by atoms with van der Waals surface area (Å²) >= 11 is 0. The molecule has 20 heavy (non-hydrogen) atoms. The Morgan fingerprint density at radius 2 is 1.95 bits per heavy atom. The van der Waals surface area contributed by atoms with E-state index in [2.05, 4.69) is 15.3 Å². The molecule has 0 saturated carbocycles. The van der Waals surface area contributed by atoms with E-state index in [9.17, 15) is 13.2 Å². The molecular formula is C12H19F3N4O. The molecule has 4 N–H and O–H groups in total. The van der Waals surface area contributed by atoms with Crippen molar-refractivity contribution >= 4 is 11.8 Å². The lowest BCUT2D eigenvalue weighted by atomic mass is 9.88. The van der Waals surface area contributed by atoms with Crippen LogP contribution in [-0.2, 0) is 6.18 Å². The van der Waals surface area contributed by atoms with Gasteiger partial charge in [-0.2, -0.15) is 18.2 Å². The molecule has 0 bridgehead atoms. The Hall–Kier alpha value is -1.57. The van der Waals surface area contributed by atoms with E-state index in [1.807, 2.05) is 13.8 Å². The summed E-state index contributed by atoms with van der Waals surface area (Å²) in [5, 5.41) is 11.6. The van der Waals surface area contributed by atoms with Crippen LogP contribution in [0, 0.1) is 5.41 Å². The van der Waals surface area contributed by atoms with Gasteiger partial charge in [0.2, 0.25) is 5.95 Å². The molecule has 114 valence electrons. The second kappa shape index (κ2) is 6.25. The largest absolute Gasteiger partial charge is 0.433 e. The molecular weight excluding hydrogens is 273 g/mol. The van der Waals surface area contributed by atoms with Crippen molar-refractivity contribution in [3.63, 3.8) is 0 Å². The fraction of sp³-hybridized carbons (Fsp3) is 0.667. The van der Waals surface area contributed by atoms with Gasteiger partial charge in [-0.1, -0.05) is 13.8 Å². The van der Waals surface area contributed by atoms with Gasteiger partial charge in [0.25, 0.3) is 0 Å². The fourth-order valence-electron chi connectivity index (χ4n) is 1.68. The topological polar surface area (TPSA) is 84.1 Å². The van der Waals surface area contributed by atoms with Crippen molar-refractivity contribution in [1.29, 1.82) is 0 Å². The summed E-state index contributed by atoms with van der Waals surface area (Å²) in [6, 6.07) is 0.832. The van der Waals surface area contributed by atoms with E-state index in [0.29, 0.717) is 13.0 Å². The number of alkyl halides is 3. The number of aromatic nitrogens is 2. The maximum atomic E-state index is 12.6. The van der Waals surface area contributed by atoms with Gasteiger partial charge in [0.1, 0.15) is 5.82 Å². The van der Waals surface area contributed by atoms with Crippen molar-refractivity contribution < 1.29 is 18.3 Å². The molecule has 0 aliphatic rings. The van der Waals surface area contributed by atoms with E-state index in [-0.39, 0.29) is 17.8 Å². The van der Waals surface area contributed by atoms with Gasteiger partial charge in [-0.3, -0.25) is 0 Å². The van der Waals surface area contributed by atoms with Crippen molar-refractivity contribution in [1.82, 2.24) is 9.97 Å². The third-order valence-corrected chi connectivity index (χ3v) is 2.79. The van der Waals surface area contributed by atoms with Gasteiger partial charge in [0.05, 0.1) is 0 Å². The minimum atomic E-state index is -4.56. The third kappa shape index (κ3) is 5.20. The predicted molar refractivity (Wildman–Crippen MR) is 70.0 cm³/mol. The lowest BCUT2D eigenvalue weighted by molar-refractivity contribution is -0.141. The van der Waals surface area contributed by atoms with Crippen LogP contribution in [0.2, 0.25) is 0 Å². The molecule has 0 aromatic carbocycles. The molecule has 0 atom stereocenters. The zero-order valence-corrected chi connectivity index (χ0v) is 11.5. The summed E-state index contributed by atoms with van der Waals surface area (Å²) in [4.78, 5) is 6.90. The summed E-state index contributed by atoms with van der Waals surface area (Å²) in [6.07, 6.45) is -3.18. The van der Waals surface area contributed by atoms with Crippen molar-refractivity contribution in [2.75, 3.05) is 24.2 Å². The van der Waals surface area contributed by atoms with E-state index in [1.165, 1.54) is 0 Å². The minimum Gasteiger partial charge on any atom is -0.396 e. The molecule has 0 aliphatic heterocycles. The highest BCUT2D eigenvalue weighted by molar-refractivity contribution is 5.41. The second-order valence-corrected chi connectivity index (χ2v) is 5.34. The van der Waals surface area contributed by atoms with Gasteiger partial charge >= 0.3 is 6.18 Å². The monoisotopic (exact) mass is 292 g/mol. The Labute approximate surface area is 115 Å². The normalized spacial score (nSPS) is 12.5. The SMILES string of the molecule is CC(C)(CCCO)CNc1cc(C(F)(F)F)nc(N)n1. The summed E-state index contributed by atoms with van der Waals surface area (Å²) in [7, 11) is 0. The molecule has 1 heterocycles. The molecule has 1 aromatic rings. The first-order valence-corrected chi connectivity index (χ1v) is 6.20. The van der Waals surface area contributed by atoms with Crippen LogP contribution in [0.1, 0.15) is 32.4 Å². The Morgan fingerprint density at radius 1 is 1.30 bits per heavy atom. The molecule has 0 fully saturated rings. The molecule has 0 unspecified atom stereocenters. The molecule has 0 radical (unpaired) electrons. The molecule has 8 heteroatoms. The van der Waals surface area contributed by atoms with Crippen LogP contribution in [0.25, 0.3) is 0 Å². The van der Waals surface area contributed by atoms with Crippen molar-refractivity contribution in [2.24, 2.45) is 5.41 Å². The lowest BCUT2D eigenvalue weighted by Crippen LogP contribution is -2.24. The quantitative estimate of drug-likeness (QED) is 0.749. The van der Waals surface area contributed by atoms with Gasteiger partial charge in [-0.15, -0.1) is 0 Å². The number of nitrogens with two attached hydrogens (primary N) is 1. The minimum absolute atomic E-state index is 0.0434. The standard InChI is InChI=1S/C12H19F3N4O/c1-11(2,4-3-5-20)7-17-9-6-8(12(13,14)15)18-10(16)19-9/h6,20H,3-5,7H2,1-2H3,(H3,16,17,18,19). The van der Waals surface area contributed by atoms with Crippen LogP contribution in [0.5, 0.6) is 0 Å². The molecule has 0 aliphatic carbocycles. The van der Waals surface area contributed by atoms with E-state index in [0.717, 1.165) is 12.5 Å². The average molecular weight is 292 g/mol. The number of aliphatic hydroxyl groups excluding tert-OH is 1. The number of halogens is 3. The Morgan fingerprint density at radius 3 is 2.50 bits per heavy atom. The van der Waals surface area contributed by atoms with Crippen molar-refractivity contribution in [2.45, 2.75) is 32.9 Å². The third-order valence-electron chi connectivity index (χ3n) is 2.79. The van der Waals surface area contributed by atoms with Gasteiger partial charge in [0, 0.05) is 19.2 Å². The molecule has 1 rings (SSSR count). The molecule has 0 amide bonds. The fourth-order valence-corrected chi connectivity index (χ4v) is 1.68. The van der Waals surface area contributed by atoms with Gasteiger partial charge in [0.15, 0.2) is 5.69 Å². The zero-order chi connectivity index (χ0) is 15.4. The highest BCUT2D eigenvalue weighted by Gasteiger charge is 2.33. The summed E-state index contributed by atoms with van der Waals surface area (Å²) in [5.74, 6) is -0.377.